The monoisotopic (exact) mass is 257 g/mol. The van der Waals surface area contributed by atoms with Crippen molar-refractivity contribution in [3.05, 3.63) is 30.1 Å². The Balaban J connectivity index is 2.68. The van der Waals surface area contributed by atoms with Gasteiger partial charge in [0.15, 0.2) is 0 Å². The van der Waals surface area contributed by atoms with Crippen LogP contribution < -0.4 is 5.73 Å². The minimum absolute atomic E-state index is 0.0275. The normalized spacial score (nSPS) is 13.9. The summed E-state index contributed by atoms with van der Waals surface area (Å²) in [5.41, 5.74) is 6.79. The van der Waals surface area contributed by atoms with E-state index in [1.165, 1.54) is 6.26 Å². The van der Waals surface area contributed by atoms with Crippen molar-refractivity contribution >= 4 is 9.84 Å². The number of nitrogens with two attached hydrogens (primary N) is 1. The summed E-state index contributed by atoms with van der Waals surface area (Å²) in [6, 6.07) is 3.82. The second kappa shape index (κ2) is 6.09. The van der Waals surface area contributed by atoms with E-state index in [9.17, 15) is 8.42 Å². The van der Waals surface area contributed by atoms with Gasteiger partial charge in [-0.2, -0.15) is 0 Å². The molecule has 0 fully saturated rings. The van der Waals surface area contributed by atoms with Crippen LogP contribution >= 0.6 is 0 Å². The van der Waals surface area contributed by atoms with Crippen molar-refractivity contribution in [1.82, 2.24) is 9.88 Å². The van der Waals surface area contributed by atoms with Gasteiger partial charge in [-0.05, 0) is 24.7 Å². The molecule has 1 unspecified atom stereocenters. The third-order valence-corrected chi connectivity index (χ3v) is 3.59. The standard InChI is InChI=1S/C11H19N3O2S/c1-14(7-8-17(2,15)16)11(9-12)10-3-5-13-6-4-10/h3-6,11H,7-9,12H2,1-2H3. The number of hydrogen-bond acceptors (Lipinski definition) is 5. The van der Waals surface area contributed by atoms with Crippen LogP contribution in [0.2, 0.25) is 0 Å². The molecule has 0 radical (unpaired) electrons. The Hall–Kier alpha value is -0.980. The van der Waals surface area contributed by atoms with Crippen molar-refractivity contribution in [3.63, 3.8) is 0 Å². The fraction of sp³-hybridized carbons (Fsp3) is 0.545. The summed E-state index contributed by atoms with van der Waals surface area (Å²) in [7, 11) is -1.06. The molecule has 0 amide bonds. The van der Waals surface area contributed by atoms with E-state index in [2.05, 4.69) is 4.98 Å². The SMILES string of the molecule is CN(CCS(C)(=O)=O)C(CN)c1ccncc1. The number of nitrogens with zero attached hydrogens (tertiary/aromatic N) is 2. The maximum Gasteiger partial charge on any atom is 0.148 e. The van der Waals surface area contributed by atoms with E-state index < -0.39 is 9.84 Å². The molecule has 17 heavy (non-hydrogen) atoms. The molecule has 0 aliphatic heterocycles. The van der Waals surface area contributed by atoms with Gasteiger partial charge >= 0.3 is 0 Å². The van der Waals surface area contributed by atoms with Gasteiger partial charge in [0.25, 0.3) is 0 Å². The van der Waals surface area contributed by atoms with Crippen LogP contribution in [0.25, 0.3) is 0 Å². The fourth-order valence-electron chi connectivity index (χ4n) is 1.62. The molecular weight excluding hydrogens is 238 g/mol. The zero-order chi connectivity index (χ0) is 12.9. The largest absolute Gasteiger partial charge is 0.329 e. The van der Waals surface area contributed by atoms with Gasteiger partial charge in [-0.25, -0.2) is 8.42 Å². The van der Waals surface area contributed by atoms with E-state index in [1.807, 2.05) is 24.1 Å². The minimum Gasteiger partial charge on any atom is -0.329 e. The maximum absolute atomic E-state index is 11.1. The van der Waals surface area contributed by atoms with Gasteiger partial charge in [-0.3, -0.25) is 9.88 Å². The summed E-state index contributed by atoms with van der Waals surface area (Å²) in [4.78, 5) is 5.91. The molecule has 1 heterocycles. The Labute approximate surface area is 103 Å². The Kier molecular flexibility index (Phi) is 5.04. The summed E-state index contributed by atoms with van der Waals surface area (Å²) in [5.74, 6) is 0.144. The second-order valence-electron chi connectivity index (χ2n) is 4.14. The van der Waals surface area contributed by atoms with E-state index in [-0.39, 0.29) is 11.8 Å². The van der Waals surface area contributed by atoms with Gasteiger partial charge < -0.3 is 5.73 Å². The van der Waals surface area contributed by atoms with Gasteiger partial charge in [0, 0.05) is 37.8 Å². The topological polar surface area (TPSA) is 76.3 Å². The average Bonchev–Trinajstić information content (AvgIpc) is 2.28. The Morgan fingerprint density at radius 3 is 2.47 bits per heavy atom. The molecule has 96 valence electrons. The van der Waals surface area contributed by atoms with E-state index in [4.69, 9.17) is 5.73 Å². The van der Waals surface area contributed by atoms with E-state index in [0.29, 0.717) is 13.1 Å². The van der Waals surface area contributed by atoms with Crippen LogP contribution in [0.15, 0.2) is 24.5 Å². The number of sulfone groups is 1. The Morgan fingerprint density at radius 1 is 1.41 bits per heavy atom. The number of hydrogen-bond donors (Lipinski definition) is 1. The van der Waals surface area contributed by atoms with Crippen LogP contribution in [-0.4, -0.2) is 50.4 Å². The van der Waals surface area contributed by atoms with Crippen LogP contribution in [-0.2, 0) is 9.84 Å². The Bertz CT molecular complexity index is 433. The highest BCUT2D eigenvalue weighted by Gasteiger charge is 2.16. The summed E-state index contributed by atoms with van der Waals surface area (Å²) in [6.07, 6.45) is 4.66. The van der Waals surface area contributed by atoms with Gasteiger partial charge in [0.2, 0.25) is 0 Å². The molecule has 5 nitrogen and oxygen atoms in total. The van der Waals surface area contributed by atoms with Crippen LogP contribution in [0.5, 0.6) is 0 Å². The highest BCUT2D eigenvalue weighted by Crippen LogP contribution is 2.16. The molecular formula is C11H19N3O2S. The van der Waals surface area contributed by atoms with Crippen LogP contribution in [0.3, 0.4) is 0 Å². The molecule has 0 saturated carbocycles. The van der Waals surface area contributed by atoms with Crippen molar-refractivity contribution in [2.75, 3.05) is 32.1 Å². The fourth-order valence-corrected chi connectivity index (χ4v) is 2.24. The summed E-state index contributed by atoms with van der Waals surface area (Å²) in [6.45, 7) is 0.924. The van der Waals surface area contributed by atoms with E-state index in [1.54, 1.807) is 12.4 Å². The third kappa shape index (κ3) is 4.80. The first-order valence-electron chi connectivity index (χ1n) is 5.42. The van der Waals surface area contributed by atoms with Gasteiger partial charge in [-0.15, -0.1) is 0 Å². The third-order valence-electron chi connectivity index (χ3n) is 2.66. The number of likely N-dealkylation sites (N-methyl/N-ethyl adjacent to an activating group) is 1. The number of aromatic nitrogens is 1. The molecule has 1 aromatic heterocycles. The molecule has 2 N–H and O–H groups in total. The van der Waals surface area contributed by atoms with Crippen molar-refractivity contribution in [2.24, 2.45) is 5.73 Å². The molecule has 1 rings (SSSR count). The molecule has 6 heteroatoms. The van der Waals surface area contributed by atoms with E-state index >= 15 is 0 Å². The zero-order valence-electron chi connectivity index (χ0n) is 10.2. The van der Waals surface area contributed by atoms with Crippen LogP contribution in [0, 0.1) is 0 Å². The number of rotatable bonds is 6. The summed E-state index contributed by atoms with van der Waals surface area (Å²) < 4.78 is 22.2. The first-order valence-corrected chi connectivity index (χ1v) is 7.48. The second-order valence-corrected chi connectivity index (χ2v) is 6.40. The van der Waals surface area contributed by atoms with Crippen molar-refractivity contribution < 1.29 is 8.42 Å². The highest BCUT2D eigenvalue weighted by molar-refractivity contribution is 7.90. The zero-order valence-corrected chi connectivity index (χ0v) is 11.0. The van der Waals surface area contributed by atoms with Crippen molar-refractivity contribution in [3.8, 4) is 0 Å². The lowest BCUT2D eigenvalue weighted by Crippen LogP contribution is -2.33. The van der Waals surface area contributed by atoms with Crippen molar-refractivity contribution in [1.29, 1.82) is 0 Å². The van der Waals surface area contributed by atoms with Crippen molar-refractivity contribution in [2.45, 2.75) is 6.04 Å². The highest BCUT2D eigenvalue weighted by atomic mass is 32.2. The maximum atomic E-state index is 11.1. The summed E-state index contributed by atoms with van der Waals surface area (Å²) >= 11 is 0. The molecule has 0 spiro atoms. The molecule has 0 bridgehead atoms. The lowest BCUT2D eigenvalue weighted by molar-refractivity contribution is 0.264. The predicted molar refractivity (Wildman–Crippen MR) is 68.4 cm³/mol. The first-order chi connectivity index (χ1) is 7.94. The van der Waals surface area contributed by atoms with Crippen LogP contribution in [0.1, 0.15) is 11.6 Å². The first kappa shape index (κ1) is 14.1. The molecule has 0 aromatic carbocycles. The van der Waals surface area contributed by atoms with Gasteiger partial charge in [0.1, 0.15) is 9.84 Å². The summed E-state index contributed by atoms with van der Waals surface area (Å²) in [5, 5.41) is 0. The number of pyridine rings is 1. The molecule has 1 atom stereocenters. The van der Waals surface area contributed by atoms with Gasteiger partial charge in [0.05, 0.1) is 5.75 Å². The minimum atomic E-state index is -2.94. The Morgan fingerprint density at radius 2 is 2.00 bits per heavy atom. The average molecular weight is 257 g/mol. The smallest absolute Gasteiger partial charge is 0.148 e. The lowest BCUT2D eigenvalue weighted by Gasteiger charge is -2.26. The molecule has 0 aliphatic rings. The molecule has 0 aliphatic carbocycles. The van der Waals surface area contributed by atoms with E-state index in [0.717, 1.165) is 5.56 Å². The quantitative estimate of drug-likeness (QED) is 0.779. The lowest BCUT2D eigenvalue weighted by atomic mass is 10.1. The molecule has 0 saturated heterocycles. The predicted octanol–water partition coefficient (Wildman–Crippen LogP) is 0.0578. The molecule has 1 aromatic rings. The van der Waals surface area contributed by atoms with Gasteiger partial charge in [-0.1, -0.05) is 0 Å². The van der Waals surface area contributed by atoms with Crippen LogP contribution in [0.4, 0.5) is 0 Å².